The average Bonchev–Trinajstić information content (AvgIpc) is 2.45. The lowest BCUT2D eigenvalue weighted by atomic mass is 9.88. The number of nitrogens with zero attached hydrogens (tertiary/aromatic N) is 1. The van der Waals surface area contributed by atoms with Crippen molar-refractivity contribution >= 4 is 0 Å². The minimum absolute atomic E-state index is 0.374. The van der Waals surface area contributed by atoms with Crippen molar-refractivity contribution in [3.8, 4) is 0 Å². The fourth-order valence-electron chi connectivity index (χ4n) is 2.43. The molecule has 0 aliphatic heterocycles. The summed E-state index contributed by atoms with van der Waals surface area (Å²) in [4.78, 5) is 2.32. The van der Waals surface area contributed by atoms with Crippen LogP contribution in [0.2, 0.25) is 0 Å². The maximum atomic E-state index is 14.2. The number of aromatic nitrogens is 1. The summed E-state index contributed by atoms with van der Waals surface area (Å²) < 4.78 is 85.5. The van der Waals surface area contributed by atoms with Crippen LogP contribution in [0.25, 0.3) is 0 Å². The third-order valence-corrected chi connectivity index (χ3v) is 3.72. The van der Waals surface area contributed by atoms with Gasteiger partial charge in [0.2, 0.25) is 5.95 Å². The molecule has 0 aliphatic carbocycles. The van der Waals surface area contributed by atoms with Crippen molar-refractivity contribution < 1.29 is 36.2 Å². The van der Waals surface area contributed by atoms with E-state index in [0.29, 0.717) is 6.42 Å². The first kappa shape index (κ1) is 20.7. The molecule has 1 aromatic heterocycles. The van der Waals surface area contributed by atoms with E-state index in [1.807, 2.05) is 0 Å². The lowest BCUT2D eigenvalue weighted by Gasteiger charge is -2.30. The number of ether oxygens (including phenoxy) is 1. The second kappa shape index (κ2) is 7.69. The first-order valence-corrected chi connectivity index (χ1v) is 7.36. The summed E-state index contributed by atoms with van der Waals surface area (Å²) >= 11 is 0. The van der Waals surface area contributed by atoms with E-state index in [4.69, 9.17) is 4.74 Å². The molecule has 1 rings (SSSR count). The molecule has 0 spiro atoms. The highest BCUT2D eigenvalue weighted by molar-refractivity contribution is 5.29. The van der Waals surface area contributed by atoms with Crippen LogP contribution in [0.1, 0.15) is 51.3 Å². The number of aliphatic hydroxyl groups excluding tert-OH is 1. The average molecular weight is 359 g/mol. The van der Waals surface area contributed by atoms with Crippen LogP contribution < -0.4 is 0 Å². The molecule has 0 bridgehead atoms. The standard InChI is InChI=1S/C15H19F6NO2/c1-5-6(2)24-8(4)9(7(3)23)10-11(16)13(15(19,20)21)22-14(18)12(10)17/h6-9,23H,5H2,1-4H3. The van der Waals surface area contributed by atoms with Crippen molar-refractivity contribution in [1.29, 1.82) is 0 Å². The second-order valence-electron chi connectivity index (χ2n) is 5.62. The zero-order chi connectivity index (χ0) is 18.8. The minimum Gasteiger partial charge on any atom is -0.393 e. The normalized spacial score (nSPS) is 17.5. The van der Waals surface area contributed by atoms with E-state index >= 15 is 0 Å². The van der Waals surface area contributed by atoms with Gasteiger partial charge in [-0.25, -0.2) is 13.8 Å². The number of hydrogen-bond donors (Lipinski definition) is 1. The molecule has 0 fully saturated rings. The number of hydrogen-bond acceptors (Lipinski definition) is 3. The highest BCUT2D eigenvalue weighted by Gasteiger charge is 2.42. The number of halogens is 6. The molecule has 1 N–H and O–H groups in total. The smallest absolute Gasteiger partial charge is 0.393 e. The molecule has 9 heteroatoms. The zero-order valence-corrected chi connectivity index (χ0v) is 13.6. The molecule has 4 atom stereocenters. The van der Waals surface area contributed by atoms with Gasteiger partial charge in [0.05, 0.1) is 18.3 Å². The predicted molar refractivity (Wildman–Crippen MR) is 73.8 cm³/mol. The Bertz CT molecular complexity index is 576. The molecular formula is C15H19F6NO2. The summed E-state index contributed by atoms with van der Waals surface area (Å²) in [5, 5.41) is 9.82. The summed E-state index contributed by atoms with van der Waals surface area (Å²) in [5.41, 5.74) is -3.39. The maximum absolute atomic E-state index is 14.2. The van der Waals surface area contributed by atoms with Crippen LogP contribution in [0.5, 0.6) is 0 Å². The Morgan fingerprint density at radius 1 is 1.08 bits per heavy atom. The lowest BCUT2D eigenvalue weighted by molar-refractivity contribution is -0.144. The van der Waals surface area contributed by atoms with E-state index in [1.165, 1.54) is 6.92 Å². The van der Waals surface area contributed by atoms with E-state index in [1.54, 1.807) is 13.8 Å². The molecular weight excluding hydrogens is 340 g/mol. The SMILES string of the molecule is CCC(C)OC(C)C(c1c(F)c(F)nc(C(F)(F)F)c1F)C(C)O. The molecule has 1 aromatic rings. The largest absolute Gasteiger partial charge is 0.436 e. The van der Waals surface area contributed by atoms with Crippen LogP contribution >= 0.6 is 0 Å². The summed E-state index contributed by atoms with van der Waals surface area (Å²) in [6.45, 7) is 5.89. The third-order valence-electron chi connectivity index (χ3n) is 3.72. The zero-order valence-electron chi connectivity index (χ0n) is 13.6. The van der Waals surface area contributed by atoms with Gasteiger partial charge in [-0.2, -0.15) is 17.6 Å². The first-order valence-electron chi connectivity index (χ1n) is 7.36. The number of alkyl halides is 3. The number of pyridine rings is 1. The van der Waals surface area contributed by atoms with Gasteiger partial charge < -0.3 is 9.84 Å². The Morgan fingerprint density at radius 3 is 2.04 bits per heavy atom. The van der Waals surface area contributed by atoms with Crippen molar-refractivity contribution in [2.45, 2.75) is 64.5 Å². The van der Waals surface area contributed by atoms with Crippen LogP contribution in [0.3, 0.4) is 0 Å². The van der Waals surface area contributed by atoms with Crippen LogP contribution in [0.15, 0.2) is 0 Å². The second-order valence-corrected chi connectivity index (χ2v) is 5.62. The molecule has 0 aliphatic rings. The third kappa shape index (κ3) is 4.38. The number of rotatable bonds is 6. The first-order chi connectivity index (χ1) is 10.9. The van der Waals surface area contributed by atoms with Crippen molar-refractivity contribution in [2.75, 3.05) is 0 Å². The summed E-state index contributed by atoms with van der Waals surface area (Å²) in [5.74, 6) is -7.55. The van der Waals surface area contributed by atoms with Gasteiger partial charge in [0.1, 0.15) is 0 Å². The van der Waals surface area contributed by atoms with E-state index < -0.39 is 53.1 Å². The van der Waals surface area contributed by atoms with Crippen molar-refractivity contribution in [1.82, 2.24) is 4.98 Å². The van der Waals surface area contributed by atoms with Gasteiger partial charge in [-0.15, -0.1) is 0 Å². The van der Waals surface area contributed by atoms with E-state index in [0.717, 1.165) is 6.92 Å². The van der Waals surface area contributed by atoms with Gasteiger partial charge in [-0.1, -0.05) is 6.92 Å². The monoisotopic (exact) mass is 359 g/mol. The molecule has 0 radical (unpaired) electrons. The topological polar surface area (TPSA) is 42.4 Å². The molecule has 0 saturated heterocycles. The van der Waals surface area contributed by atoms with Crippen molar-refractivity contribution in [2.24, 2.45) is 0 Å². The van der Waals surface area contributed by atoms with Crippen molar-refractivity contribution in [3.63, 3.8) is 0 Å². The Morgan fingerprint density at radius 2 is 1.62 bits per heavy atom. The van der Waals surface area contributed by atoms with Gasteiger partial charge >= 0.3 is 6.18 Å². The van der Waals surface area contributed by atoms with E-state index in [9.17, 15) is 31.4 Å². The quantitative estimate of drug-likeness (QED) is 0.612. The molecule has 4 unspecified atom stereocenters. The predicted octanol–water partition coefficient (Wildman–Crippen LogP) is 4.19. The highest BCUT2D eigenvalue weighted by Crippen LogP contribution is 2.37. The minimum atomic E-state index is -5.31. The lowest BCUT2D eigenvalue weighted by Crippen LogP contribution is -2.33. The molecule has 0 aromatic carbocycles. The molecule has 1 heterocycles. The maximum Gasteiger partial charge on any atom is 0.436 e. The highest BCUT2D eigenvalue weighted by atomic mass is 19.4. The molecule has 24 heavy (non-hydrogen) atoms. The van der Waals surface area contributed by atoms with Gasteiger partial charge in [-0.3, -0.25) is 0 Å². The van der Waals surface area contributed by atoms with Gasteiger partial charge in [0, 0.05) is 11.5 Å². The fraction of sp³-hybridized carbons (Fsp3) is 0.667. The molecule has 138 valence electrons. The van der Waals surface area contributed by atoms with E-state index in [-0.39, 0.29) is 6.10 Å². The summed E-state index contributed by atoms with van der Waals surface area (Å²) in [6.07, 6.45) is -7.71. The van der Waals surface area contributed by atoms with Crippen molar-refractivity contribution in [3.05, 3.63) is 28.8 Å². The molecule has 0 amide bonds. The Labute approximate surface area is 135 Å². The van der Waals surface area contributed by atoms with Gasteiger partial charge in [-0.05, 0) is 27.2 Å². The van der Waals surface area contributed by atoms with Crippen LogP contribution in [-0.2, 0) is 10.9 Å². The molecule has 0 saturated carbocycles. The van der Waals surface area contributed by atoms with Gasteiger partial charge in [0.15, 0.2) is 17.3 Å². The molecule has 3 nitrogen and oxygen atoms in total. The Kier molecular flexibility index (Phi) is 6.63. The Hall–Kier alpha value is -1.35. The summed E-state index contributed by atoms with van der Waals surface area (Å²) in [6, 6.07) is 0. The van der Waals surface area contributed by atoms with Crippen LogP contribution in [0, 0.1) is 17.6 Å². The van der Waals surface area contributed by atoms with Gasteiger partial charge in [0.25, 0.3) is 0 Å². The fourth-order valence-corrected chi connectivity index (χ4v) is 2.43. The van der Waals surface area contributed by atoms with E-state index in [2.05, 4.69) is 4.98 Å². The summed E-state index contributed by atoms with van der Waals surface area (Å²) in [7, 11) is 0. The Balaban J connectivity index is 3.51. The number of aliphatic hydroxyl groups is 1. The van der Waals surface area contributed by atoms with Crippen LogP contribution in [0.4, 0.5) is 26.3 Å². The van der Waals surface area contributed by atoms with Crippen LogP contribution in [-0.4, -0.2) is 28.4 Å².